The van der Waals surface area contributed by atoms with Crippen molar-refractivity contribution in [1.29, 1.82) is 0 Å². The van der Waals surface area contributed by atoms with Crippen LogP contribution in [0.15, 0.2) is 48.5 Å². The topological polar surface area (TPSA) is 9.23 Å². The Bertz CT molecular complexity index is 820. The second kappa shape index (κ2) is 14.2. The maximum atomic E-state index is 6.28. The van der Waals surface area contributed by atoms with Crippen LogP contribution < -0.4 is 0 Å². The molecule has 1 nitrogen and oxygen atoms in total. The van der Waals surface area contributed by atoms with E-state index in [1.54, 1.807) is 5.56 Å². The lowest BCUT2D eigenvalue weighted by Gasteiger charge is -2.29. The monoisotopic (exact) mass is 474 g/mol. The second-order valence-electron chi connectivity index (χ2n) is 11.6. The van der Waals surface area contributed by atoms with Crippen LogP contribution in [0.2, 0.25) is 0 Å². The first kappa shape index (κ1) is 26.5. The number of rotatable bonds is 12. The molecule has 1 heterocycles. The van der Waals surface area contributed by atoms with Gasteiger partial charge in [0.25, 0.3) is 0 Å². The van der Waals surface area contributed by atoms with Crippen LogP contribution in [0.1, 0.15) is 133 Å². The summed E-state index contributed by atoms with van der Waals surface area (Å²) in [5, 5.41) is 0. The molecule has 0 N–H and O–H groups in total. The van der Waals surface area contributed by atoms with Crippen molar-refractivity contribution in [2.75, 3.05) is 6.61 Å². The highest BCUT2D eigenvalue weighted by molar-refractivity contribution is 5.64. The summed E-state index contributed by atoms with van der Waals surface area (Å²) in [4.78, 5) is 0. The molecule has 1 saturated heterocycles. The number of ether oxygens (including phenoxy) is 1. The summed E-state index contributed by atoms with van der Waals surface area (Å²) in [5.41, 5.74) is 5.57. The van der Waals surface area contributed by atoms with Crippen molar-refractivity contribution in [3.8, 4) is 11.1 Å². The van der Waals surface area contributed by atoms with Crippen LogP contribution in [0.3, 0.4) is 0 Å². The highest BCUT2D eigenvalue weighted by Gasteiger charge is 2.23. The van der Waals surface area contributed by atoms with Crippen LogP contribution >= 0.6 is 0 Å². The summed E-state index contributed by atoms with van der Waals surface area (Å²) >= 11 is 0. The van der Waals surface area contributed by atoms with Crippen molar-refractivity contribution < 1.29 is 4.74 Å². The minimum Gasteiger partial charge on any atom is -0.373 e. The normalized spacial score (nSPS) is 25.0. The average molecular weight is 475 g/mol. The smallest absolute Gasteiger partial charge is 0.0825 e. The lowest BCUT2D eigenvalue weighted by molar-refractivity contribution is -0.0198. The highest BCUT2D eigenvalue weighted by atomic mass is 16.5. The van der Waals surface area contributed by atoms with Gasteiger partial charge >= 0.3 is 0 Å². The fraction of sp³-hybridized carbons (Fsp3) is 0.647. The lowest BCUT2D eigenvalue weighted by atomic mass is 9.77. The van der Waals surface area contributed by atoms with E-state index in [1.807, 2.05) is 0 Å². The molecule has 0 spiro atoms. The van der Waals surface area contributed by atoms with E-state index in [4.69, 9.17) is 4.74 Å². The average Bonchev–Trinajstić information content (AvgIpc) is 2.92. The Morgan fingerprint density at radius 2 is 1.11 bits per heavy atom. The van der Waals surface area contributed by atoms with Gasteiger partial charge in [-0.2, -0.15) is 0 Å². The van der Waals surface area contributed by atoms with Crippen molar-refractivity contribution in [1.82, 2.24) is 0 Å². The molecular weight excluding hydrogens is 424 g/mol. The molecule has 1 aliphatic carbocycles. The van der Waals surface area contributed by atoms with Gasteiger partial charge in [0.15, 0.2) is 0 Å². The van der Waals surface area contributed by atoms with E-state index < -0.39 is 0 Å². The van der Waals surface area contributed by atoms with Crippen molar-refractivity contribution in [3.05, 3.63) is 59.7 Å². The molecule has 4 rings (SSSR count). The quantitative estimate of drug-likeness (QED) is 0.278. The third kappa shape index (κ3) is 7.94. The molecular formula is C34H50O. The van der Waals surface area contributed by atoms with Crippen LogP contribution in [-0.4, -0.2) is 6.61 Å². The van der Waals surface area contributed by atoms with Gasteiger partial charge in [-0.1, -0.05) is 114 Å². The summed E-state index contributed by atoms with van der Waals surface area (Å²) in [7, 11) is 0. The van der Waals surface area contributed by atoms with Crippen LogP contribution in [0.25, 0.3) is 11.1 Å². The summed E-state index contributed by atoms with van der Waals surface area (Å²) in [5.74, 6) is 2.53. The number of benzene rings is 2. The molecule has 2 aliphatic rings. The van der Waals surface area contributed by atoms with E-state index >= 15 is 0 Å². The van der Waals surface area contributed by atoms with Crippen LogP contribution in [-0.2, 0) is 4.74 Å². The Morgan fingerprint density at radius 1 is 0.571 bits per heavy atom. The van der Waals surface area contributed by atoms with Gasteiger partial charge in [0.1, 0.15) is 0 Å². The van der Waals surface area contributed by atoms with E-state index in [0.29, 0.717) is 0 Å². The first-order valence-corrected chi connectivity index (χ1v) is 15.1. The third-order valence-electron chi connectivity index (χ3n) is 8.90. The van der Waals surface area contributed by atoms with E-state index in [0.717, 1.165) is 24.4 Å². The first-order chi connectivity index (χ1) is 17.3. The fourth-order valence-corrected chi connectivity index (χ4v) is 6.46. The Hall–Kier alpha value is -1.60. The first-order valence-electron chi connectivity index (χ1n) is 15.1. The van der Waals surface area contributed by atoms with Crippen LogP contribution in [0, 0.1) is 11.8 Å². The molecule has 1 heteroatoms. The summed E-state index contributed by atoms with van der Waals surface area (Å²) in [6, 6.07) is 18.7. The van der Waals surface area contributed by atoms with Crippen molar-refractivity contribution in [2.24, 2.45) is 11.8 Å². The molecule has 2 aromatic carbocycles. The van der Waals surface area contributed by atoms with Gasteiger partial charge in [0.05, 0.1) is 12.7 Å². The molecule has 2 aromatic rings. The molecule has 2 atom stereocenters. The number of hydrogen-bond donors (Lipinski definition) is 0. The van der Waals surface area contributed by atoms with E-state index in [9.17, 15) is 0 Å². The zero-order valence-corrected chi connectivity index (χ0v) is 22.7. The van der Waals surface area contributed by atoms with E-state index in [-0.39, 0.29) is 6.10 Å². The van der Waals surface area contributed by atoms with Gasteiger partial charge in [-0.15, -0.1) is 0 Å². The molecule has 0 amide bonds. The van der Waals surface area contributed by atoms with Crippen LogP contribution in [0.5, 0.6) is 0 Å². The molecule has 1 aliphatic heterocycles. The van der Waals surface area contributed by atoms with Crippen molar-refractivity contribution >= 4 is 0 Å². The second-order valence-corrected chi connectivity index (χ2v) is 11.6. The zero-order chi connectivity index (χ0) is 24.3. The summed E-state index contributed by atoms with van der Waals surface area (Å²) < 4.78 is 6.28. The van der Waals surface area contributed by atoms with Gasteiger partial charge in [-0.3, -0.25) is 0 Å². The summed E-state index contributed by atoms with van der Waals surface area (Å²) in [6.45, 7) is 5.53. The van der Waals surface area contributed by atoms with Crippen molar-refractivity contribution in [3.63, 3.8) is 0 Å². The minimum atomic E-state index is 0.288. The standard InChI is InChI=1S/C34H50O/c1-3-5-7-9-10-27-12-15-29(16-13-27)30-17-19-31(20-18-30)32-21-23-33(24-22-32)34-25-14-28(26-35-34)11-8-6-4-2/h17-24,27-29,34H,3-16,25-26H2,1-2H3. The predicted molar refractivity (Wildman–Crippen MR) is 151 cm³/mol. The lowest BCUT2D eigenvalue weighted by Crippen LogP contribution is -2.20. The largest absolute Gasteiger partial charge is 0.373 e. The Labute approximate surface area is 216 Å². The third-order valence-corrected chi connectivity index (χ3v) is 8.90. The zero-order valence-electron chi connectivity index (χ0n) is 22.7. The van der Waals surface area contributed by atoms with E-state index in [2.05, 4.69) is 62.4 Å². The Balaban J connectivity index is 1.23. The maximum absolute atomic E-state index is 6.28. The molecule has 35 heavy (non-hydrogen) atoms. The molecule has 2 unspecified atom stereocenters. The molecule has 0 bridgehead atoms. The SMILES string of the molecule is CCCCCCC1CCC(c2ccc(-c3ccc(C4CCC(CCCCC)CO4)cc3)cc2)CC1. The molecule has 0 aromatic heterocycles. The minimum absolute atomic E-state index is 0.288. The number of hydrogen-bond acceptors (Lipinski definition) is 1. The van der Waals surface area contributed by atoms with E-state index in [1.165, 1.54) is 113 Å². The highest BCUT2D eigenvalue weighted by Crippen LogP contribution is 2.39. The van der Waals surface area contributed by atoms with Crippen molar-refractivity contribution in [2.45, 2.75) is 122 Å². The van der Waals surface area contributed by atoms with Gasteiger partial charge in [0.2, 0.25) is 0 Å². The fourth-order valence-electron chi connectivity index (χ4n) is 6.46. The van der Waals surface area contributed by atoms with Gasteiger partial charge in [0, 0.05) is 0 Å². The summed E-state index contributed by atoms with van der Waals surface area (Å²) in [6.07, 6.45) is 20.9. The maximum Gasteiger partial charge on any atom is 0.0825 e. The molecule has 1 saturated carbocycles. The van der Waals surface area contributed by atoms with Gasteiger partial charge in [-0.25, -0.2) is 0 Å². The van der Waals surface area contributed by atoms with Crippen LogP contribution in [0.4, 0.5) is 0 Å². The molecule has 0 radical (unpaired) electrons. The van der Waals surface area contributed by atoms with Gasteiger partial charge < -0.3 is 4.74 Å². The molecule has 192 valence electrons. The Kier molecular flexibility index (Phi) is 10.8. The Morgan fingerprint density at radius 3 is 1.71 bits per heavy atom. The van der Waals surface area contributed by atoms with Gasteiger partial charge in [-0.05, 0) is 85.0 Å². The number of unbranched alkanes of at least 4 members (excludes halogenated alkanes) is 5. The molecule has 2 fully saturated rings. The predicted octanol–water partition coefficient (Wildman–Crippen LogP) is 10.6.